The molecule has 1 atom stereocenters. The molecule has 1 N–H and O–H groups in total. The molecular formula is C19H22FN. The highest BCUT2D eigenvalue weighted by Crippen LogP contribution is 2.35. The van der Waals surface area contributed by atoms with Crippen molar-refractivity contribution in [2.24, 2.45) is 0 Å². The number of unbranched alkanes of at least 4 members (excludes halogenated alkanes) is 1. The van der Waals surface area contributed by atoms with Crippen LogP contribution in [0.4, 0.5) is 10.1 Å². The van der Waals surface area contributed by atoms with E-state index < -0.39 is 0 Å². The summed E-state index contributed by atoms with van der Waals surface area (Å²) in [6, 6.07) is 14.3. The van der Waals surface area contributed by atoms with Gasteiger partial charge in [0.25, 0.3) is 0 Å². The smallest absolute Gasteiger partial charge is 0.126 e. The molecule has 1 aliphatic carbocycles. The summed E-state index contributed by atoms with van der Waals surface area (Å²) in [6.07, 6.45) is 5.41. The van der Waals surface area contributed by atoms with Gasteiger partial charge in [-0.15, -0.1) is 0 Å². The minimum Gasteiger partial charge on any atom is -0.378 e. The molecule has 1 aliphatic rings. The Morgan fingerprint density at radius 1 is 1.14 bits per heavy atom. The van der Waals surface area contributed by atoms with Crippen LogP contribution in [0.5, 0.6) is 0 Å². The van der Waals surface area contributed by atoms with E-state index in [1.807, 2.05) is 12.1 Å². The molecule has 110 valence electrons. The number of hydrogen-bond acceptors (Lipinski definition) is 1. The Hall–Kier alpha value is -1.83. The first-order valence-corrected chi connectivity index (χ1v) is 7.90. The third-order valence-electron chi connectivity index (χ3n) is 4.33. The Bertz CT molecular complexity index is 603. The van der Waals surface area contributed by atoms with Gasteiger partial charge in [-0.2, -0.15) is 0 Å². The fraction of sp³-hybridized carbons (Fsp3) is 0.368. The van der Waals surface area contributed by atoms with Crippen molar-refractivity contribution in [1.82, 2.24) is 0 Å². The van der Waals surface area contributed by atoms with Gasteiger partial charge in [-0.25, -0.2) is 4.39 Å². The van der Waals surface area contributed by atoms with Gasteiger partial charge >= 0.3 is 0 Å². The zero-order valence-corrected chi connectivity index (χ0v) is 12.5. The molecule has 0 radical (unpaired) electrons. The molecule has 1 unspecified atom stereocenters. The summed E-state index contributed by atoms with van der Waals surface area (Å²) in [5.74, 6) is -0.0632. The average Bonchev–Trinajstić information content (AvgIpc) is 2.91. The molecular weight excluding hydrogens is 261 g/mol. The van der Waals surface area contributed by atoms with Gasteiger partial charge in [0.05, 0.1) is 6.04 Å². The fourth-order valence-electron chi connectivity index (χ4n) is 3.11. The van der Waals surface area contributed by atoms with Crippen LogP contribution in [0.3, 0.4) is 0 Å². The number of fused-ring (bicyclic) bond motifs is 1. The Kier molecular flexibility index (Phi) is 4.23. The van der Waals surface area contributed by atoms with Crippen molar-refractivity contribution in [3.05, 3.63) is 65.0 Å². The molecule has 0 heterocycles. The van der Waals surface area contributed by atoms with Crippen LogP contribution >= 0.6 is 0 Å². The van der Waals surface area contributed by atoms with Gasteiger partial charge in [-0.1, -0.05) is 37.6 Å². The van der Waals surface area contributed by atoms with Crippen LogP contribution in [0, 0.1) is 5.82 Å². The number of benzene rings is 2. The zero-order valence-electron chi connectivity index (χ0n) is 12.5. The number of halogens is 1. The lowest BCUT2D eigenvalue weighted by atomic mass is 10.1. The molecule has 0 bridgehead atoms. The predicted octanol–water partition coefficient (Wildman–Crippen LogP) is 5.27. The van der Waals surface area contributed by atoms with Crippen molar-refractivity contribution in [2.45, 2.75) is 45.1 Å². The number of nitrogens with one attached hydrogen (secondary N) is 1. The quantitative estimate of drug-likeness (QED) is 0.788. The van der Waals surface area contributed by atoms with Crippen LogP contribution in [0.1, 0.15) is 48.9 Å². The molecule has 2 aromatic carbocycles. The third-order valence-corrected chi connectivity index (χ3v) is 4.33. The molecule has 2 aromatic rings. The molecule has 3 rings (SSSR count). The van der Waals surface area contributed by atoms with E-state index in [2.05, 4.69) is 36.5 Å². The number of aryl methyl sites for hydroxylation is 1. The summed E-state index contributed by atoms with van der Waals surface area (Å²) in [7, 11) is 0. The van der Waals surface area contributed by atoms with E-state index in [0.717, 1.165) is 36.1 Å². The molecule has 21 heavy (non-hydrogen) atoms. The largest absolute Gasteiger partial charge is 0.378 e. The van der Waals surface area contributed by atoms with E-state index in [1.54, 1.807) is 6.07 Å². The average molecular weight is 283 g/mol. The molecule has 0 aliphatic heterocycles. The van der Waals surface area contributed by atoms with Crippen LogP contribution in [-0.2, 0) is 12.8 Å². The molecule has 0 aromatic heterocycles. The summed E-state index contributed by atoms with van der Waals surface area (Å²) in [5, 5.41) is 3.54. The van der Waals surface area contributed by atoms with Crippen molar-refractivity contribution in [3.8, 4) is 0 Å². The first-order chi connectivity index (χ1) is 10.3. The summed E-state index contributed by atoms with van der Waals surface area (Å²) in [5.41, 5.74) is 4.51. The fourth-order valence-corrected chi connectivity index (χ4v) is 3.11. The third kappa shape index (κ3) is 3.10. The summed E-state index contributed by atoms with van der Waals surface area (Å²) in [4.78, 5) is 0. The maximum Gasteiger partial charge on any atom is 0.126 e. The van der Waals surface area contributed by atoms with Gasteiger partial charge in [0.1, 0.15) is 5.82 Å². The first-order valence-electron chi connectivity index (χ1n) is 7.90. The van der Waals surface area contributed by atoms with Crippen molar-refractivity contribution < 1.29 is 4.39 Å². The van der Waals surface area contributed by atoms with E-state index in [-0.39, 0.29) is 11.9 Å². The summed E-state index contributed by atoms with van der Waals surface area (Å²) < 4.78 is 13.7. The van der Waals surface area contributed by atoms with Gasteiger partial charge in [0, 0.05) is 5.69 Å². The Labute approximate surface area is 126 Å². The van der Waals surface area contributed by atoms with Crippen molar-refractivity contribution in [3.63, 3.8) is 0 Å². The Morgan fingerprint density at radius 2 is 1.95 bits per heavy atom. The van der Waals surface area contributed by atoms with E-state index in [1.165, 1.54) is 18.4 Å². The normalized spacial score (nSPS) is 16.8. The summed E-state index contributed by atoms with van der Waals surface area (Å²) >= 11 is 0. The second-order valence-corrected chi connectivity index (χ2v) is 5.84. The van der Waals surface area contributed by atoms with Crippen molar-refractivity contribution in [2.75, 3.05) is 5.32 Å². The van der Waals surface area contributed by atoms with Gasteiger partial charge in [-0.05, 0) is 60.6 Å². The lowest BCUT2D eigenvalue weighted by molar-refractivity contribution is 0.612. The van der Waals surface area contributed by atoms with Gasteiger partial charge < -0.3 is 5.32 Å². The number of anilines is 1. The van der Waals surface area contributed by atoms with E-state index in [9.17, 15) is 4.39 Å². The second-order valence-electron chi connectivity index (χ2n) is 5.84. The predicted molar refractivity (Wildman–Crippen MR) is 86.1 cm³/mol. The monoisotopic (exact) mass is 283 g/mol. The Balaban J connectivity index is 1.70. The molecule has 0 saturated heterocycles. The molecule has 0 amide bonds. The zero-order chi connectivity index (χ0) is 14.7. The van der Waals surface area contributed by atoms with Gasteiger partial charge in [0.15, 0.2) is 0 Å². The van der Waals surface area contributed by atoms with Gasteiger partial charge in [-0.3, -0.25) is 0 Å². The highest BCUT2D eigenvalue weighted by Gasteiger charge is 2.24. The molecule has 0 fully saturated rings. The number of hydrogen-bond donors (Lipinski definition) is 1. The van der Waals surface area contributed by atoms with Crippen molar-refractivity contribution >= 4 is 5.69 Å². The van der Waals surface area contributed by atoms with E-state index in [4.69, 9.17) is 0 Å². The highest BCUT2D eigenvalue weighted by molar-refractivity contribution is 5.49. The SMILES string of the molecule is CCCCc1ccc(NC2CCc3c(F)cccc32)cc1. The highest BCUT2D eigenvalue weighted by atomic mass is 19.1. The number of rotatable bonds is 5. The van der Waals surface area contributed by atoms with Crippen LogP contribution < -0.4 is 5.32 Å². The molecule has 2 heteroatoms. The lowest BCUT2D eigenvalue weighted by Gasteiger charge is -2.16. The topological polar surface area (TPSA) is 12.0 Å². The molecule has 0 saturated carbocycles. The summed E-state index contributed by atoms with van der Waals surface area (Å²) in [6.45, 7) is 2.21. The first kappa shape index (κ1) is 14.1. The standard InChI is InChI=1S/C19H22FN/c1-2-3-5-14-8-10-15(11-9-14)21-19-13-12-16-17(19)6-4-7-18(16)20/h4,6-11,19,21H,2-3,5,12-13H2,1H3. The second kappa shape index (κ2) is 6.30. The van der Waals surface area contributed by atoms with E-state index >= 15 is 0 Å². The lowest BCUT2D eigenvalue weighted by Crippen LogP contribution is -2.07. The molecule has 1 nitrogen and oxygen atoms in total. The maximum atomic E-state index is 13.7. The van der Waals surface area contributed by atoms with Crippen LogP contribution in [0.2, 0.25) is 0 Å². The van der Waals surface area contributed by atoms with Crippen molar-refractivity contribution in [1.29, 1.82) is 0 Å². The maximum absolute atomic E-state index is 13.7. The van der Waals surface area contributed by atoms with Gasteiger partial charge in [0.2, 0.25) is 0 Å². The Morgan fingerprint density at radius 3 is 2.71 bits per heavy atom. The minimum atomic E-state index is -0.0632. The minimum absolute atomic E-state index is 0.0632. The van der Waals surface area contributed by atoms with Crippen LogP contribution in [0.15, 0.2) is 42.5 Å². The van der Waals surface area contributed by atoms with Crippen LogP contribution in [-0.4, -0.2) is 0 Å². The molecule has 0 spiro atoms. The van der Waals surface area contributed by atoms with E-state index in [0.29, 0.717) is 0 Å². The van der Waals surface area contributed by atoms with Crippen LogP contribution in [0.25, 0.3) is 0 Å².